The summed E-state index contributed by atoms with van der Waals surface area (Å²) in [5, 5.41) is 6.04. The predicted octanol–water partition coefficient (Wildman–Crippen LogP) is 0.909. The lowest BCUT2D eigenvalue weighted by atomic mass is 10.5. The molecule has 2 heterocycles. The van der Waals surface area contributed by atoms with Gasteiger partial charge < -0.3 is 0 Å². The molecule has 0 bridgehead atoms. The summed E-state index contributed by atoms with van der Waals surface area (Å²) in [6.07, 6.45) is 4.36. The first kappa shape index (κ1) is 7.55. The van der Waals surface area contributed by atoms with Gasteiger partial charge in [0.1, 0.15) is 6.54 Å². The van der Waals surface area contributed by atoms with Gasteiger partial charge in [0.2, 0.25) is 0 Å². The largest absolute Gasteiger partial charge is 0.312 e. The van der Waals surface area contributed by atoms with E-state index >= 15 is 0 Å². The molecule has 0 saturated carbocycles. The Balaban J connectivity index is 2.10. The van der Waals surface area contributed by atoms with Gasteiger partial charge in [-0.05, 0) is 18.0 Å². The molecule has 0 aromatic heterocycles. The quantitative estimate of drug-likeness (QED) is 0.614. The summed E-state index contributed by atoms with van der Waals surface area (Å²) < 4.78 is 2.38. The van der Waals surface area contributed by atoms with E-state index in [1.165, 1.54) is 22.5 Å². The van der Waals surface area contributed by atoms with Crippen molar-refractivity contribution in [3.05, 3.63) is 11.1 Å². The predicted molar refractivity (Wildman–Crippen MR) is 52.2 cm³/mol. The van der Waals surface area contributed by atoms with E-state index in [-0.39, 0.29) is 0 Å². The third-order valence-electron chi connectivity index (χ3n) is 1.83. The summed E-state index contributed by atoms with van der Waals surface area (Å²) in [4.78, 5) is 0. The summed E-state index contributed by atoms with van der Waals surface area (Å²) in [6.45, 7) is 2.29. The highest BCUT2D eigenvalue weighted by molar-refractivity contribution is 8.14. The lowest BCUT2D eigenvalue weighted by Gasteiger charge is -2.08. The average molecular weight is 187 g/mol. The van der Waals surface area contributed by atoms with E-state index in [1.807, 2.05) is 11.8 Å². The Hall–Kier alpha value is -0.0900. The van der Waals surface area contributed by atoms with Crippen LogP contribution in [0.15, 0.2) is 11.1 Å². The minimum atomic E-state index is 1.09. The molecule has 60 valence electrons. The standard InChI is InChI=1S/C7H10N2S2/c1-10-6-2-3-9-4-5-11-7(9)8-6/h2H,3-5H2,1H3/p+1. The summed E-state index contributed by atoms with van der Waals surface area (Å²) in [7, 11) is 0. The van der Waals surface area contributed by atoms with Crippen molar-refractivity contribution in [2.24, 2.45) is 0 Å². The molecule has 0 fully saturated rings. The Kier molecular flexibility index (Phi) is 2.13. The van der Waals surface area contributed by atoms with Gasteiger partial charge in [-0.2, -0.15) is 0 Å². The van der Waals surface area contributed by atoms with Crippen molar-refractivity contribution in [1.82, 2.24) is 5.32 Å². The molecule has 0 atom stereocenters. The highest BCUT2D eigenvalue weighted by atomic mass is 32.2. The Labute approximate surface area is 75.1 Å². The zero-order chi connectivity index (χ0) is 7.68. The lowest BCUT2D eigenvalue weighted by molar-refractivity contribution is -0.510. The molecule has 2 aliphatic rings. The van der Waals surface area contributed by atoms with Gasteiger partial charge in [-0.3, -0.25) is 4.58 Å². The summed E-state index contributed by atoms with van der Waals surface area (Å²) in [5.41, 5.74) is 0. The van der Waals surface area contributed by atoms with E-state index < -0.39 is 0 Å². The molecule has 0 radical (unpaired) electrons. The van der Waals surface area contributed by atoms with Gasteiger partial charge >= 0.3 is 5.17 Å². The second-order valence-electron chi connectivity index (χ2n) is 2.50. The normalized spacial score (nSPS) is 22.8. The van der Waals surface area contributed by atoms with Gasteiger partial charge in [-0.1, -0.05) is 11.8 Å². The molecule has 0 aromatic carbocycles. The molecule has 0 aromatic rings. The maximum atomic E-state index is 3.39. The first-order valence-corrected chi connectivity index (χ1v) is 5.87. The third kappa shape index (κ3) is 1.42. The molecule has 11 heavy (non-hydrogen) atoms. The van der Waals surface area contributed by atoms with Gasteiger partial charge in [-0.15, -0.1) is 0 Å². The Morgan fingerprint density at radius 1 is 1.73 bits per heavy atom. The number of rotatable bonds is 1. The van der Waals surface area contributed by atoms with E-state index in [0.29, 0.717) is 0 Å². The number of amidine groups is 1. The molecule has 4 heteroatoms. The molecule has 0 saturated heterocycles. The maximum Gasteiger partial charge on any atom is 0.312 e. The minimum Gasteiger partial charge on any atom is -0.251 e. The maximum absolute atomic E-state index is 3.39. The number of nitrogens with zero attached hydrogens (tertiary/aromatic N) is 1. The minimum absolute atomic E-state index is 1.09. The molecular weight excluding hydrogens is 176 g/mol. The fraction of sp³-hybridized carbons (Fsp3) is 0.571. The molecule has 1 N–H and O–H groups in total. The number of nitrogens with one attached hydrogen (secondary N) is 1. The second kappa shape index (κ2) is 3.11. The van der Waals surface area contributed by atoms with Crippen LogP contribution in [0.3, 0.4) is 0 Å². The number of thioether (sulfide) groups is 2. The number of hydrogen-bond donors (Lipinski definition) is 1. The van der Waals surface area contributed by atoms with E-state index in [0.717, 1.165) is 6.54 Å². The molecule has 2 rings (SSSR count). The first-order chi connectivity index (χ1) is 5.40. The highest BCUT2D eigenvalue weighted by Crippen LogP contribution is 2.18. The van der Waals surface area contributed by atoms with Crippen molar-refractivity contribution in [3.63, 3.8) is 0 Å². The van der Waals surface area contributed by atoms with Crippen LogP contribution in [-0.2, 0) is 0 Å². The Bertz CT molecular complexity index is 233. The van der Waals surface area contributed by atoms with Crippen molar-refractivity contribution >= 4 is 28.7 Å². The van der Waals surface area contributed by atoms with Crippen LogP contribution in [0.1, 0.15) is 0 Å². The van der Waals surface area contributed by atoms with Crippen LogP contribution in [0.5, 0.6) is 0 Å². The summed E-state index contributed by atoms with van der Waals surface area (Å²) >= 11 is 3.71. The van der Waals surface area contributed by atoms with E-state index in [4.69, 9.17) is 0 Å². The van der Waals surface area contributed by atoms with E-state index in [2.05, 4.69) is 22.2 Å². The van der Waals surface area contributed by atoms with Crippen molar-refractivity contribution in [2.45, 2.75) is 0 Å². The van der Waals surface area contributed by atoms with Crippen LogP contribution in [0, 0.1) is 0 Å². The van der Waals surface area contributed by atoms with Gasteiger partial charge in [0.15, 0.2) is 5.03 Å². The fourth-order valence-corrected chi connectivity index (χ4v) is 2.76. The third-order valence-corrected chi connectivity index (χ3v) is 3.56. The van der Waals surface area contributed by atoms with Gasteiger partial charge in [0, 0.05) is 11.8 Å². The lowest BCUT2D eigenvalue weighted by Crippen LogP contribution is -2.31. The van der Waals surface area contributed by atoms with Crippen LogP contribution in [-0.4, -0.2) is 34.8 Å². The summed E-state index contributed by atoms with van der Waals surface area (Å²) in [6, 6.07) is 0. The average Bonchev–Trinajstić information content (AvgIpc) is 2.50. The second-order valence-corrected chi connectivity index (χ2v) is 4.43. The zero-order valence-corrected chi connectivity index (χ0v) is 8.10. The van der Waals surface area contributed by atoms with E-state index in [9.17, 15) is 0 Å². The molecule has 2 aliphatic heterocycles. The Morgan fingerprint density at radius 2 is 2.64 bits per heavy atom. The SMILES string of the molecule is CSC1=CC[N+]2=C(N1)SCC2. The molecule has 0 unspecified atom stereocenters. The zero-order valence-electron chi connectivity index (χ0n) is 6.46. The first-order valence-electron chi connectivity index (χ1n) is 3.66. The molecule has 0 spiro atoms. The molecule has 2 nitrogen and oxygen atoms in total. The number of hydrogen-bond acceptors (Lipinski definition) is 3. The highest BCUT2D eigenvalue weighted by Gasteiger charge is 2.25. The van der Waals surface area contributed by atoms with E-state index in [1.54, 1.807) is 11.8 Å². The van der Waals surface area contributed by atoms with Crippen LogP contribution in [0.4, 0.5) is 0 Å². The summed E-state index contributed by atoms with van der Waals surface area (Å²) in [5.74, 6) is 1.23. The van der Waals surface area contributed by atoms with Crippen molar-refractivity contribution in [1.29, 1.82) is 0 Å². The van der Waals surface area contributed by atoms with Gasteiger partial charge in [0.05, 0.1) is 6.54 Å². The van der Waals surface area contributed by atoms with Gasteiger partial charge in [0.25, 0.3) is 0 Å². The van der Waals surface area contributed by atoms with Crippen LogP contribution in [0.2, 0.25) is 0 Å². The topological polar surface area (TPSA) is 15.0 Å². The monoisotopic (exact) mass is 187 g/mol. The van der Waals surface area contributed by atoms with Crippen LogP contribution in [0.25, 0.3) is 0 Å². The molecule has 0 amide bonds. The Morgan fingerprint density at radius 3 is 3.45 bits per heavy atom. The van der Waals surface area contributed by atoms with Gasteiger partial charge in [-0.25, -0.2) is 5.32 Å². The fourth-order valence-electron chi connectivity index (χ4n) is 1.22. The smallest absolute Gasteiger partial charge is 0.251 e. The van der Waals surface area contributed by atoms with Crippen LogP contribution >= 0.6 is 23.5 Å². The molecule has 0 aliphatic carbocycles. The van der Waals surface area contributed by atoms with Crippen molar-refractivity contribution in [2.75, 3.05) is 25.1 Å². The van der Waals surface area contributed by atoms with Crippen molar-refractivity contribution < 1.29 is 4.58 Å². The van der Waals surface area contributed by atoms with Crippen molar-refractivity contribution in [3.8, 4) is 0 Å². The molecular formula is C7H11N2S2+. The van der Waals surface area contributed by atoms with Crippen LogP contribution < -0.4 is 5.32 Å².